The van der Waals surface area contributed by atoms with Crippen LogP contribution in [0, 0.1) is 6.92 Å². The molecule has 1 aromatic carbocycles. The number of benzene rings is 1. The second-order valence-electron chi connectivity index (χ2n) is 4.07. The summed E-state index contributed by atoms with van der Waals surface area (Å²) in [6.45, 7) is 3.75. The van der Waals surface area contributed by atoms with Gasteiger partial charge in [-0.1, -0.05) is 29.8 Å². The maximum atomic E-state index is 10.9. The van der Waals surface area contributed by atoms with Gasteiger partial charge in [0.05, 0.1) is 0 Å². The van der Waals surface area contributed by atoms with Crippen LogP contribution in [0.1, 0.15) is 18.1 Å². The second kappa shape index (κ2) is 5.99. The molecule has 0 unspecified atom stereocenters. The molecule has 0 aliphatic heterocycles. The minimum absolute atomic E-state index is 0.407. The molecular formula is C14H18N2O. The van der Waals surface area contributed by atoms with Gasteiger partial charge in [0, 0.05) is 24.8 Å². The van der Waals surface area contributed by atoms with Gasteiger partial charge in [0.25, 0.3) is 0 Å². The van der Waals surface area contributed by atoms with Gasteiger partial charge in [0.2, 0.25) is 5.91 Å². The molecular weight excluding hydrogens is 212 g/mol. The number of primary amides is 1. The van der Waals surface area contributed by atoms with E-state index in [0.29, 0.717) is 12.0 Å². The van der Waals surface area contributed by atoms with Gasteiger partial charge < -0.3 is 5.73 Å². The molecule has 1 rings (SSSR count). The van der Waals surface area contributed by atoms with Gasteiger partial charge in [-0.05, 0) is 25.5 Å². The van der Waals surface area contributed by atoms with Crippen molar-refractivity contribution in [2.75, 3.05) is 7.05 Å². The molecule has 0 heterocycles. The molecule has 0 spiro atoms. The van der Waals surface area contributed by atoms with E-state index in [9.17, 15) is 4.79 Å². The third kappa shape index (κ3) is 4.23. The lowest BCUT2D eigenvalue weighted by molar-refractivity contribution is -0.114. The zero-order chi connectivity index (χ0) is 12.8. The quantitative estimate of drug-likeness (QED) is 0.624. The van der Waals surface area contributed by atoms with Crippen LogP contribution in [0.5, 0.6) is 0 Å². The van der Waals surface area contributed by atoms with E-state index in [1.54, 1.807) is 20.0 Å². The number of hydrogen-bond donors (Lipinski definition) is 1. The molecule has 0 bridgehead atoms. The molecule has 90 valence electrons. The first-order chi connectivity index (χ1) is 8.02. The summed E-state index contributed by atoms with van der Waals surface area (Å²) in [6.07, 6.45) is 2.45. The number of nitrogens with two attached hydrogens (primary N) is 1. The van der Waals surface area contributed by atoms with Crippen molar-refractivity contribution in [3.05, 3.63) is 47.0 Å². The number of allylic oxidation sites excluding steroid dienone is 1. The van der Waals surface area contributed by atoms with Gasteiger partial charge in [-0.2, -0.15) is 0 Å². The Labute approximate surface area is 102 Å². The van der Waals surface area contributed by atoms with E-state index >= 15 is 0 Å². The van der Waals surface area contributed by atoms with Crippen LogP contribution in [0.15, 0.2) is 40.9 Å². The van der Waals surface area contributed by atoms with Crippen molar-refractivity contribution in [2.24, 2.45) is 10.7 Å². The third-order valence-electron chi connectivity index (χ3n) is 2.56. The predicted molar refractivity (Wildman–Crippen MR) is 71.2 cm³/mol. The fourth-order valence-corrected chi connectivity index (χ4v) is 1.43. The fourth-order valence-electron chi connectivity index (χ4n) is 1.43. The van der Waals surface area contributed by atoms with Gasteiger partial charge in [-0.15, -0.1) is 0 Å². The molecule has 3 nitrogen and oxygen atoms in total. The van der Waals surface area contributed by atoms with Crippen molar-refractivity contribution in [3.63, 3.8) is 0 Å². The SMILES string of the molecule is C/N=C(\C=C(/C)C(N)=O)Cc1ccc(C)cc1. The molecule has 0 aromatic heterocycles. The Kier molecular flexibility index (Phi) is 4.64. The van der Waals surface area contributed by atoms with Crippen molar-refractivity contribution < 1.29 is 4.79 Å². The van der Waals surface area contributed by atoms with Crippen LogP contribution in [0.2, 0.25) is 0 Å². The number of carbonyl (C=O) groups is 1. The molecule has 17 heavy (non-hydrogen) atoms. The lowest BCUT2D eigenvalue weighted by Crippen LogP contribution is -2.13. The van der Waals surface area contributed by atoms with Crippen molar-refractivity contribution >= 4 is 11.6 Å². The van der Waals surface area contributed by atoms with Crippen LogP contribution in [-0.4, -0.2) is 18.7 Å². The van der Waals surface area contributed by atoms with Crippen molar-refractivity contribution in [1.29, 1.82) is 0 Å². The second-order valence-corrected chi connectivity index (χ2v) is 4.07. The number of rotatable bonds is 4. The molecule has 0 saturated carbocycles. The zero-order valence-electron chi connectivity index (χ0n) is 10.5. The van der Waals surface area contributed by atoms with Crippen molar-refractivity contribution in [3.8, 4) is 0 Å². The first-order valence-electron chi connectivity index (χ1n) is 5.52. The maximum Gasteiger partial charge on any atom is 0.244 e. The Morgan fingerprint density at radius 3 is 2.41 bits per heavy atom. The largest absolute Gasteiger partial charge is 0.366 e. The van der Waals surface area contributed by atoms with Crippen LogP contribution in [0.4, 0.5) is 0 Å². The summed E-state index contributed by atoms with van der Waals surface area (Å²) < 4.78 is 0. The molecule has 0 fully saturated rings. The molecule has 0 aliphatic carbocycles. The lowest BCUT2D eigenvalue weighted by Gasteiger charge is -2.03. The monoisotopic (exact) mass is 230 g/mol. The van der Waals surface area contributed by atoms with Crippen LogP contribution >= 0.6 is 0 Å². The van der Waals surface area contributed by atoms with E-state index in [1.807, 2.05) is 0 Å². The minimum Gasteiger partial charge on any atom is -0.366 e. The lowest BCUT2D eigenvalue weighted by atomic mass is 10.0. The Balaban J connectivity index is 2.82. The van der Waals surface area contributed by atoms with Crippen LogP contribution < -0.4 is 5.73 Å². The van der Waals surface area contributed by atoms with Crippen LogP contribution in [0.25, 0.3) is 0 Å². The molecule has 0 saturated heterocycles. The predicted octanol–water partition coefficient (Wildman–Crippen LogP) is 2.04. The molecule has 0 atom stereocenters. The van der Waals surface area contributed by atoms with E-state index in [-0.39, 0.29) is 0 Å². The topological polar surface area (TPSA) is 55.4 Å². The van der Waals surface area contributed by atoms with Crippen molar-refractivity contribution in [2.45, 2.75) is 20.3 Å². The molecule has 2 N–H and O–H groups in total. The Hall–Kier alpha value is -1.90. The average molecular weight is 230 g/mol. The van der Waals surface area contributed by atoms with Crippen molar-refractivity contribution in [1.82, 2.24) is 0 Å². The first-order valence-corrected chi connectivity index (χ1v) is 5.52. The number of aryl methyl sites for hydroxylation is 1. The molecule has 0 radical (unpaired) electrons. The summed E-state index contributed by atoms with van der Waals surface area (Å²) in [4.78, 5) is 15.1. The van der Waals surface area contributed by atoms with Gasteiger partial charge in [-0.25, -0.2) is 0 Å². The fraction of sp³-hybridized carbons (Fsp3) is 0.286. The highest BCUT2D eigenvalue weighted by molar-refractivity contribution is 6.03. The summed E-state index contributed by atoms with van der Waals surface area (Å²) in [7, 11) is 1.72. The van der Waals surface area contributed by atoms with E-state index in [2.05, 4.69) is 36.2 Å². The number of hydrogen-bond acceptors (Lipinski definition) is 2. The average Bonchev–Trinajstić information content (AvgIpc) is 2.30. The number of amides is 1. The zero-order valence-corrected chi connectivity index (χ0v) is 10.5. The maximum absolute atomic E-state index is 10.9. The summed E-state index contributed by atoms with van der Waals surface area (Å²) >= 11 is 0. The van der Waals surface area contributed by atoms with E-state index < -0.39 is 5.91 Å². The van der Waals surface area contributed by atoms with Crippen LogP contribution in [0.3, 0.4) is 0 Å². The summed E-state index contributed by atoms with van der Waals surface area (Å²) in [5.41, 5.74) is 8.97. The summed E-state index contributed by atoms with van der Waals surface area (Å²) in [5, 5.41) is 0. The Morgan fingerprint density at radius 2 is 1.94 bits per heavy atom. The molecule has 3 heteroatoms. The number of nitrogens with zero attached hydrogens (tertiary/aromatic N) is 1. The summed E-state index contributed by atoms with van der Waals surface area (Å²) in [5.74, 6) is -0.407. The van der Waals surface area contributed by atoms with E-state index in [4.69, 9.17) is 5.73 Å². The highest BCUT2D eigenvalue weighted by atomic mass is 16.1. The molecule has 1 amide bonds. The molecule has 1 aromatic rings. The first kappa shape index (κ1) is 13.2. The minimum atomic E-state index is -0.407. The standard InChI is InChI=1S/C14H18N2O/c1-10-4-6-12(7-5-10)9-13(16-3)8-11(2)14(15)17/h4-8H,9H2,1-3H3,(H2,15,17)/b11-8+,16-13+. The van der Waals surface area contributed by atoms with Gasteiger partial charge in [0.1, 0.15) is 0 Å². The normalized spacial score (nSPS) is 12.6. The third-order valence-corrected chi connectivity index (χ3v) is 2.56. The summed E-state index contributed by atoms with van der Waals surface area (Å²) in [6, 6.07) is 8.25. The number of aliphatic imine (C=N–C) groups is 1. The Morgan fingerprint density at radius 1 is 1.35 bits per heavy atom. The van der Waals surface area contributed by atoms with E-state index in [1.165, 1.54) is 11.1 Å². The highest BCUT2D eigenvalue weighted by Gasteiger charge is 2.02. The smallest absolute Gasteiger partial charge is 0.244 e. The Bertz CT molecular complexity index is 456. The van der Waals surface area contributed by atoms with E-state index in [0.717, 1.165) is 5.71 Å². The van der Waals surface area contributed by atoms with Gasteiger partial charge >= 0.3 is 0 Å². The van der Waals surface area contributed by atoms with Crippen LogP contribution in [-0.2, 0) is 11.2 Å². The van der Waals surface area contributed by atoms with Gasteiger partial charge in [-0.3, -0.25) is 9.79 Å². The highest BCUT2D eigenvalue weighted by Crippen LogP contribution is 2.06. The molecule has 0 aliphatic rings. The van der Waals surface area contributed by atoms with Gasteiger partial charge in [0.15, 0.2) is 0 Å². The number of carbonyl (C=O) groups excluding carboxylic acids is 1.